The van der Waals surface area contributed by atoms with Crippen LogP contribution in [0.3, 0.4) is 0 Å². The van der Waals surface area contributed by atoms with Crippen LogP contribution in [0.4, 0.5) is 4.39 Å². The molecule has 1 aromatic carbocycles. The number of halogens is 2. The van der Waals surface area contributed by atoms with Gasteiger partial charge < -0.3 is 9.30 Å². The summed E-state index contributed by atoms with van der Waals surface area (Å²) in [5, 5.41) is 9.46. The van der Waals surface area contributed by atoms with Crippen LogP contribution in [-0.2, 0) is 13.2 Å². The first-order valence-corrected chi connectivity index (χ1v) is 8.40. The minimum absolute atomic E-state index is 0.00775. The summed E-state index contributed by atoms with van der Waals surface area (Å²) in [5.74, 6) is -0.0261. The average molecular weight is 360 g/mol. The molecule has 0 amide bonds. The number of ether oxygens (including phenoxy) is 1. The van der Waals surface area contributed by atoms with Crippen molar-refractivity contribution < 1.29 is 9.13 Å². The van der Waals surface area contributed by atoms with Crippen LogP contribution in [0, 0.1) is 19.7 Å². The Labute approximate surface area is 150 Å². The molecule has 130 valence electrons. The molecular weight excluding hydrogens is 341 g/mol. The highest BCUT2D eigenvalue weighted by Crippen LogP contribution is 2.31. The molecular formula is C19H19ClFN3O. The number of benzene rings is 1. The molecule has 2 aromatic heterocycles. The van der Waals surface area contributed by atoms with Crippen LogP contribution in [0.5, 0.6) is 5.88 Å². The van der Waals surface area contributed by atoms with Crippen LogP contribution >= 0.6 is 11.6 Å². The lowest BCUT2D eigenvalue weighted by Gasteiger charge is -2.11. The first-order valence-electron chi connectivity index (χ1n) is 8.02. The van der Waals surface area contributed by atoms with Gasteiger partial charge in [0.15, 0.2) is 0 Å². The van der Waals surface area contributed by atoms with Gasteiger partial charge in [-0.3, -0.25) is 0 Å². The van der Waals surface area contributed by atoms with Crippen molar-refractivity contribution in [3.63, 3.8) is 0 Å². The number of fused-ring (bicyclic) bond motifs is 1. The maximum Gasteiger partial charge on any atom is 0.258 e. The van der Waals surface area contributed by atoms with Gasteiger partial charge in [-0.1, -0.05) is 29.8 Å². The number of hydrogen-bond acceptors (Lipinski definition) is 3. The summed E-state index contributed by atoms with van der Waals surface area (Å²) >= 11 is 6.07. The van der Waals surface area contributed by atoms with E-state index >= 15 is 0 Å². The second-order valence-electron chi connectivity index (χ2n) is 5.79. The van der Waals surface area contributed by atoms with Crippen molar-refractivity contribution in [3.05, 3.63) is 64.2 Å². The highest BCUT2D eigenvalue weighted by Gasteiger charge is 2.17. The summed E-state index contributed by atoms with van der Waals surface area (Å²) in [7, 11) is 0. The monoisotopic (exact) mass is 359 g/mol. The zero-order valence-electron chi connectivity index (χ0n) is 14.4. The van der Waals surface area contributed by atoms with Crippen molar-refractivity contribution in [3.8, 4) is 5.88 Å². The van der Waals surface area contributed by atoms with E-state index in [0.29, 0.717) is 23.0 Å². The average Bonchev–Trinajstić information content (AvgIpc) is 2.84. The lowest BCUT2D eigenvalue weighted by atomic mass is 10.2. The lowest BCUT2D eigenvalue weighted by molar-refractivity contribution is 0.287. The second-order valence-corrected chi connectivity index (χ2v) is 6.20. The van der Waals surface area contributed by atoms with E-state index in [1.807, 2.05) is 19.9 Å². The molecule has 0 saturated carbocycles. The number of nitrogens with zero attached hydrogens (tertiary/aromatic N) is 3. The Hall–Kier alpha value is -2.40. The highest BCUT2D eigenvalue weighted by atomic mass is 35.5. The summed E-state index contributed by atoms with van der Waals surface area (Å²) < 4.78 is 21.9. The van der Waals surface area contributed by atoms with Crippen molar-refractivity contribution in [2.45, 2.75) is 33.9 Å². The van der Waals surface area contributed by atoms with Crippen LogP contribution in [0.25, 0.3) is 10.9 Å². The summed E-state index contributed by atoms with van der Waals surface area (Å²) in [5.41, 5.74) is 3.42. The number of rotatable bonds is 5. The molecule has 6 heteroatoms. The van der Waals surface area contributed by atoms with Crippen LogP contribution in [-0.4, -0.2) is 14.8 Å². The minimum Gasteiger partial charge on any atom is -0.470 e. The van der Waals surface area contributed by atoms with E-state index in [9.17, 15) is 4.39 Å². The molecule has 0 aliphatic heterocycles. The molecule has 0 fully saturated rings. The Morgan fingerprint density at radius 1 is 1.32 bits per heavy atom. The van der Waals surface area contributed by atoms with Gasteiger partial charge in [-0.15, -0.1) is 5.10 Å². The number of hydrogen-bond donors (Lipinski definition) is 0. The Balaban J connectivity index is 2.03. The van der Waals surface area contributed by atoms with Crippen LogP contribution in [0.2, 0.25) is 5.02 Å². The fraction of sp³-hybridized carbons (Fsp3) is 0.263. The zero-order valence-corrected chi connectivity index (χ0v) is 15.1. The smallest absolute Gasteiger partial charge is 0.258 e. The standard InChI is InChI=1S/C19H19ClFN3O/c1-4-5-9-24-13(3)12(2)14-10-22-23-19(18(14)24)25-11-15-16(20)7-6-8-17(15)21/h4-8,10H,9,11H2,1-3H3/b5-4+. The predicted octanol–water partition coefficient (Wildman–Crippen LogP) is 5.00. The largest absolute Gasteiger partial charge is 0.470 e. The summed E-state index contributed by atoms with van der Waals surface area (Å²) in [6.45, 7) is 6.77. The van der Waals surface area contributed by atoms with E-state index < -0.39 is 5.82 Å². The van der Waals surface area contributed by atoms with E-state index in [-0.39, 0.29) is 6.61 Å². The lowest BCUT2D eigenvalue weighted by Crippen LogP contribution is -2.05. The van der Waals surface area contributed by atoms with E-state index in [0.717, 1.165) is 22.2 Å². The minimum atomic E-state index is -0.399. The van der Waals surface area contributed by atoms with Crippen molar-refractivity contribution >= 4 is 22.5 Å². The van der Waals surface area contributed by atoms with E-state index in [1.54, 1.807) is 18.3 Å². The molecule has 0 atom stereocenters. The van der Waals surface area contributed by atoms with Crippen molar-refractivity contribution in [1.82, 2.24) is 14.8 Å². The first kappa shape index (κ1) is 17.4. The Bertz CT molecular complexity index is 929. The highest BCUT2D eigenvalue weighted by molar-refractivity contribution is 6.31. The second kappa shape index (κ2) is 7.23. The molecule has 0 aliphatic carbocycles. The molecule has 0 saturated heterocycles. The maximum absolute atomic E-state index is 14.0. The van der Waals surface area contributed by atoms with Gasteiger partial charge in [-0.05, 0) is 38.5 Å². The Kier molecular flexibility index (Phi) is 5.04. The zero-order chi connectivity index (χ0) is 18.0. The number of allylic oxidation sites excluding steroid dienone is 2. The molecule has 2 heterocycles. The number of aryl methyl sites for hydroxylation is 1. The SMILES string of the molecule is C/C=C/Cn1c(C)c(C)c2cnnc(OCc3c(F)cccc3Cl)c21. The Morgan fingerprint density at radius 2 is 2.12 bits per heavy atom. The van der Waals surface area contributed by atoms with Gasteiger partial charge in [0, 0.05) is 23.2 Å². The molecule has 0 spiro atoms. The predicted molar refractivity (Wildman–Crippen MR) is 97.6 cm³/mol. The third-order valence-electron chi connectivity index (χ3n) is 4.35. The fourth-order valence-corrected chi connectivity index (χ4v) is 3.03. The molecule has 25 heavy (non-hydrogen) atoms. The quantitative estimate of drug-likeness (QED) is 0.602. The summed E-state index contributed by atoms with van der Waals surface area (Å²) in [4.78, 5) is 0. The molecule has 0 radical (unpaired) electrons. The molecule has 3 aromatic rings. The summed E-state index contributed by atoms with van der Waals surface area (Å²) in [6, 6.07) is 4.56. The van der Waals surface area contributed by atoms with Crippen LogP contribution < -0.4 is 4.74 Å². The van der Waals surface area contributed by atoms with Crippen LogP contribution in [0.15, 0.2) is 36.5 Å². The maximum atomic E-state index is 14.0. The van der Waals surface area contributed by atoms with Crippen molar-refractivity contribution in [2.24, 2.45) is 0 Å². The third kappa shape index (κ3) is 3.24. The van der Waals surface area contributed by atoms with E-state index in [4.69, 9.17) is 16.3 Å². The Morgan fingerprint density at radius 3 is 2.84 bits per heavy atom. The third-order valence-corrected chi connectivity index (χ3v) is 4.71. The molecule has 0 bridgehead atoms. The molecule has 0 N–H and O–H groups in total. The van der Waals surface area contributed by atoms with E-state index in [2.05, 4.69) is 27.8 Å². The molecule has 3 rings (SSSR count). The van der Waals surface area contributed by atoms with Gasteiger partial charge in [0.25, 0.3) is 5.88 Å². The topological polar surface area (TPSA) is 39.9 Å². The number of aromatic nitrogens is 3. The summed E-state index contributed by atoms with van der Waals surface area (Å²) in [6.07, 6.45) is 5.78. The normalized spacial score (nSPS) is 11.6. The van der Waals surface area contributed by atoms with Crippen molar-refractivity contribution in [2.75, 3.05) is 0 Å². The van der Waals surface area contributed by atoms with Gasteiger partial charge in [-0.25, -0.2) is 4.39 Å². The van der Waals surface area contributed by atoms with Gasteiger partial charge in [0.1, 0.15) is 17.9 Å². The van der Waals surface area contributed by atoms with Gasteiger partial charge >= 0.3 is 0 Å². The first-order chi connectivity index (χ1) is 12.0. The van der Waals surface area contributed by atoms with E-state index in [1.165, 1.54) is 6.07 Å². The van der Waals surface area contributed by atoms with Gasteiger partial charge in [0.2, 0.25) is 0 Å². The van der Waals surface area contributed by atoms with Gasteiger partial charge in [-0.2, -0.15) is 5.10 Å². The molecule has 0 aliphatic rings. The van der Waals surface area contributed by atoms with Gasteiger partial charge in [0.05, 0.1) is 11.2 Å². The van der Waals surface area contributed by atoms with Crippen LogP contribution in [0.1, 0.15) is 23.7 Å². The molecule has 4 nitrogen and oxygen atoms in total. The van der Waals surface area contributed by atoms with Crippen molar-refractivity contribution in [1.29, 1.82) is 0 Å². The molecule has 0 unspecified atom stereocenters. The fourth-order valence-electron chi connectivity index (χ4n) is 2.81.